The SMILES string of the molecule is COCCOC(=O)/C(C#N)=C/C=C1/N(C)c2ccccc2C1(C)C. The molecule has 0 radical (unpaired) electrons. The number of fused-ring (bicyclic) bond motifs is 1. The molecule has 0 saturated carbocycles. The standard InChI is InChI=1S/C19H22N2O3/c1-19(2)15-7-5-6-8-16(15)21(3)17(19)10-9-14(13-20)18(22)24-12-11-23-4/h5-10H,11-12H2,1-4H3/b14-9+,17-10+. The number of anilines is 1. The minimum atomic E-state index is -0.637. The van der Waals surface area contributed by atoms with Crippen molar-refractivity contribution < 1.29 is 14.3 Å². The summed E-state index contributed by atoms with van der Waals surface area (Å²) >= 11 is 0. The Morgan fingerprint density at radius 1 is 1.33 bits per heavy atom. The lowest BCUT2D eigenvalue weighted by molar-refractivity contribution is -0.139. The summed E-state index contributed by atoms with van der Waals surface area (Å²) in [5.74, 6) is -0.637. The van der Waals surface area contributed by atoms with Gasteiger partial charge in [0.05, 0.1) is 6.61 Å². The molecule has 24 heavy (non-hydrogen) atoms. The molecule has 126 valence electrons. The van der Waals surface area contributed by atoms with Gasteiger partial charge in [-0.2, -0.15) is 5.26 Å². The maximum absolute atomic E-state index is 11.9. The fraction of sp³-hybridized carbons (Fsp3) is 0.368. The van der Waals surface area contributed by atoms with E-state index in [1.54, 1.807) is 0 Å². The second-order valence-electron chi connectivity index (χ2n) is 6.07. The van der Waals surface area contributed by atoms with Crippen molar-refractivity contribution in [3.8, 4) is 6.07 Å². The van der Waals surface area contributed by atoms with E-state index < -0.39 is 5.97 Å². The first-order chi connectivity index (χ1) is 11.4. The quantitative estimate of drug-likeness (QED) is 0.360. The molecule has 5 nitrogen and oxygen atoms in total. The van der Waals surface area contributed by atoms with Crippen LogP contribution in [0.5, 0.6) is 0 Å². The van der Waals surface area contributed by atoms with Gasteiger partial charge in [-0.3, -0.25) is 0 Å². The number of ether oxygens (including phenoxy) is 2. The highest BCUT2D eigenvalue weighted by molar-refractivity contribution is 5.93. The van der Waals surface area contributed by atoms with Gasteiger partial charge in [-0.1, -0.05) is 32.0 Å². The number of para-hydroxylation sites is 1. The van der Waals surface area contributed by atoms with Crippen molar-refractivity contribution in [3.63, 3.8) is 0 Å². The predicted octanol–water partition coefficient (Wildman–Crippen LogP) is 2.94. The van der Waals surface area contributed by atoms with Gasteiger partial charge >= 0.3 is 5.97 Å². The lowest BCUT2D eigenvalue weighted by Gasteiger charge is -2.23. The molecule has 1 aliphatic heterocycles. The zero-order chi connectivity index (χ0) is 17.7. The highest BCUT2D eigenvalue weighted by atomic mass is 16.6. The number of carbonyl (C=O) groups excluding carboxylic acids is 1. The molecule has 1 aliphatic rings. The van der Waals surface area contributed by atoms with Crippen molar-refractivity contribution in [2.45, 2.75) is 19.3 Å². The minimum absolute atomic E-state index is 0.0289. The van der Waals surface area contributed by atoms with Gasteiger partial charge < -0.3 is 14.4 Å². The van der Waals surface area contributed by atoms with E-state index in [0.717, 1.165) is 11.4 Å². The molecular weight excluding hydrogens is 304 g/mol. The van der Waals surface area contributed by atoms with Gasteiger partial charge in [0.1, 0.15) is 18.2 Å². The van der Waals surface area contributed by atoms with Crippen LogP contribution in [-0.4, -0.2) is 33.3 Å². The van der Waals surface area contributed by atoms with Crippen LogP contribution >= 0.6 is 0 Å². The number of carbonyl (C=O) groups is 1. The average molecular weight is 326 g/mol. The first kappa shape index (κ1) is 17.8. The van der Waals surface area contributed by atoms with Gasteiger partial charge in [-0.15, -0.1) is 0 Å². The number of hydrogen-bond acceptors (Lipinski definition) is 5. The molecule has 1 aromatic rings. The van der Waals surface area contributed by atoms with Crippen LogP contribution in [0.4, 0.5) is 5.69 Å². The molecule has 1 aromatic carbocycles. The summed E-state index contributed by atoms with van der Waals surface area (Å²) in [6.07, 6.45) is 3.34. The normalized spacial score (nSPS) is 17.5. The van der Waals surface area contributed by atoms with E-state index in [1.165, 1.54) is 18.7 Å². The fourth-order valence-corrected chi connectivity index (χ4v) is 2.91. The average Bonchev–Trinajstić information content (AvgIpc) is 2.76. The fourth-order valence-electron chi connectivity index (χ4n) is 2.91. The van der Waals surface area contributed by atoms with Gasteiger partial charge in [0, 0.05) is 31.0 Å². The monoisotopic (exact) mass is 326 g/mol. The van der Waals surface area contributed by atoms with Crippen LogP contribution in [0.1, 0.15) is 19.4 Å². The lowest BCUT2D eigenvalue weighted by atomic mass is 9.83. The number of allylic oxidation sites excluding steroid dienone is 3. The zero-order valence-corrected chi connectivity index (χ0v) is 14.5. The maximum atomic E-state index is 11.9. The Bertz CT molecular complexity index is 726. The lowest BCUT2D eigenvalue weighted by Crippen LogP contribution is -2.22. The number of methoxy groups -OCH3 is 1. The van der Waals surface area contributed by atoms with E-state index in [-0.39, 0.29) is 17.6 Å². The molecule has 0 unspecified atom stereocenters. The summed E-state index contributed by atoms with van der Waals surface area (Å²) in [7, 11) is 3.51. The summed E-state index contributed by atoms with van der Waals surface area (Å²) in [4.78, 5) is 14.0. The van der Waals surface area contributed by atoms with Gasteiger partial charge in [-0.05, 0) is 23.8 Å². The zero-order valence-electron chi connectivity index (χ0n) is 14.5. The van der Waals surface area contributed by atoms with Crippen LogP contribution in [0, 0.1) is 11.3 Å². The Hall–Kier alpha value is -2.58. The van der Waals surface area contributed by atoms with Crippen molar-refractivity contribution in [1.29, 1.82) is 5.26 Å². The van der Waals surface area contributed by atoms with Crippen LogP contribution in [0.15, 0.2) is 47.7 Å². The van der Waals surface area contributed by atoms with Crippen molar-refractivity contribution in [2.75, 3.05) is 32.3 Å². The van der Waals surface area contributed by atoms with Crippen LogP contribution in [0.3, 0.4) is 0 Å². The smallest absolute Gasteiger partial charge is 0.348 e. The second kappa shape index (κ2) is 7.33. The topological polar surface area (TPSA) is 62.6 Å². The van der Waals surface area contributed by atoms with Gasteiger partial charge in [0.15, 0.2) is 0 Å². The Morgan fingerprint density at radius 3 is 2.67 bits per heavy atom. The number of nitrogens with zero attached hydrogens (tertiary/aromatic N) is 2. The van der Waals surface area contributed by atoms with Crippen LogP contribution in [-0.2, 0) is 19.7 Å². The number of esters is 1. The number of likely N-dealkylation sites (N-methyl/N-ethyl adjacent to an activating group) is 1. The third-order valence-corrected chi connectivity index (χ3v) is 4.21. The van der Waals surface area contributed by atoms with Crippen LogP contribution in [0.2, 0.25) is 0 Å². The molecule has 0 bridgehead atoms. The van der Waals surface area contributed by atoms with E-state index in [4.69, 9.17) is 9.47 Å². The molecule has 0 spiro atoms. The number of nitriles is 1. The highest BCUT2D eigenvalue weighted by Crippen LogP contribution is 2.46. The van der Waals surface area contributed by atoms with Gasteiger partial charge in [0.25, 0.3) is 0 Å². The minimum Gasteiger partial charge on any atom is -0.459 e. The molecule has 2 rings (SSSR count). The van der Waals surface area contributed by atoms with Crippen molar-refractivity contribution >= 4 is 11.7 Å². The summed E-state index contributed by atoms with van der Waals surface area (Å²) in [6, 6.07) is 10.1. The van der Waals surface area contributed by atoms with Crippen molar-refractivity contribution in [1.82, 2.24) is 0 Å². The largest absolute Gasteiger partial charge is 0.459 e. The van der Waals surface area contributed by atoms with E-state index in [2.05, 4.69) is 30.9 Å². The Labute approximate surface area is 142 Å². The molecule has 1 heterocycles. The van der Waals surface area contributed by atoms with E-state index in [0.29, 0.717) is 6.61 Å². The summed E-state index contributed by atoms with van der Waals surface area (Å²) in [5, 5.41) is 9.20. The molecule has 0 atom stereocenters. The first-order valence-corrected chi connectivity index (χ1v) is 7.75. The highest BCUT2D eigenvalue weighted by Gasteiger charge is 2.37. The summed E-state index contributed by atoms with van der Waals surface area (Å²) in [6.45, 7) is 4.67. The molecular formula is C19H22N2O3. The molecule has 5 heteroatoms. The molecule has 0 amide bonds. The second-order valence-corrected chi connectivity index (χ2v) is 6.07. The van der Waals surface area contributed by atoms with Crippen LogP contribution in [0.25, 0.3) is 0 Å². The Morgan fingerprint density at radius 2 is 2.04 bits per heavy atom. The third-order valence-electron chi connectivity index (χ3n) is 4.21. The van der Waals surface area contributed by atoms with Crippen molar-refractivity contribution in [2.24, 2.45) is 0 Å². The number of hydrogen-bond donors (Lipinski definition) is 0. The maximum Gasteiger partial charge on any atom is 0.348 e. The van der Waals surface area contributed by atoms with E-state index >= 15 is 0 Å². The van der Waals surface area contributed by atoms with Crippen molar-refractivity contribution in [3.05, 3.63) is 53.3 Å². The Kier molecular flexibility index (Phi) is 5.42. The molecule has 0 saturated heterocycles. The molecule has 0 fully saturated rings. The third kappa shape index (κ3) is 3.34. The molecule has 0 aromatic heterocycles. The predicted molar refractivity (Wildman–Crippen MR) is 92.5 cm³/mol. The van der Waals surface area contributed by atoms with Gasteiger partial charge in [-0.25, -0.2) is 4.79 Å². The van der Waals surface area contributed by atoms with Crippen LogP contribution < -0.4 is 4.90 Å². The van der Waals surface area contributed by atoms with Gasteiger partial charge in [0.2, 0.25) is 0 Å². The Balaban J connectivity index is 2.27. The van der Waals surface area contributed by atoms with E-state index in [9.17, 15) is 10.1 Å². The number of rotatable bonds is 5. The first-order valence-electron chi connectivity index (χ1n) is 7.75. The summed E-state index contributed by atoms with van der Waals surface area (Å²) in [5.41, 5.74) is 3.12. The molecule has 0 aliphatic carbocycles. The summed E-state index contributed by atoms with van der Waals surface area (Å²) < 4.78 is 9.82. The molecule has 0 N–H and O–H groups in total. The number of benzene rings is 1. The van der Waals surface area contributed by atoms with E-state index in [1.807, 2.05) is 31.3 Å².